The van der Waals surface area contributed by atoms with E-state index in [1.165, 1.54) is 11.7 Å². The number of thiazole rings is 2. The van der Waals surface area contributed by atoms with Crippen molar-refractivity contribution in [2.24, 2.45) is 0 Å². The zero-order chi connectivity index (χ0) is 13.2. The lowest BCUT2D eigenvalue weighted by atomic mass is 10.5. The number of rotatable bonds is 4. The maximum atomic E-state index is 12.0. The second kappa shape index (κ2) is 5.00. The van der Waals surface area contributed by atoms with Crippen molar-refractivity contribution in [2.45, 2.75) is 4.21 Å². The van der Waals surface area contributed by atoms with Gasteiger partial charge in [0.15, 0.2) is 15.0 Å². The van der Waals surface area contributed by atoms with Gasteiger partial charge in [-0.05, 0) is 0 Å². The average Bonchev–Trinajstić information content (AvgIpc) is 2.97. The van der Waals surface area contributed by atoms with Crippen molar-refractivity contribution < 1.29 is 17.9 Å². The first-order chi connectivity index (χ1) is 8.54. The molecule has 0 fully saturated rings. The SMILES string of the molecule is COC(=O)c1ncsc1S(=O)(=O)Nc1nccs1. The van der Waals surface area contributed by atoms with E-state index in [2.05, 4.69) is 19.4 Å². The first-order valence-corrected chi connectivity index (χ1v) is 7.73. The Hall–Kier alpha value is -1.52. The van der Waals surface area contributed by atoms with Crippen LogP contribution in [0.3, 0.4) is 0 Å². The van der Waals surface area contributed by atoms with Crippen LogP contribution < -0.4 is 4.72 Å². The number of carbonyl (C=O) groups is 1. The molecule has 0 spiro atoms. The number of ether oxygens (including phenoxy) is 1. The molecule has 2 heterocycles. The standard InChI is InChI=1S/C8H7N3O4S3/c1-15-6(12)5-7(17-4-10-5)18(13,14)11-8-9-2-3-16-8/h2-4H,1H3,(H,9,11). The molecule has 0 unspecified atom stereocenters. The normalized spacial score (nSPS) is 11.2. The van der Waals surface area contributed by atoms with Crippen LogP contribution in [0, 0.1) is 0 Å². The van der Waals surface area contributed by atoms with Crippen LogP contribution in [0.4, 0.5) is 5.13 Å². The zero-order valence-electron chi connectivity index (χ0n) is 8.98. The molecule has 0 aliphatic carbocycles. The number of anilines is 1. The fourth-order valence-corrected chi connectivity index (χ4v) is 4.02. The van der Waals surface area contributed by atoms with Gasteiger partial charge in [-0.15, -0.1) is 22.7 Å². The maximum absolute atomic E-state index is 12.0. The summed E-state index contributed by atoms with van der Waals surface area (Å²) in [6.45, 7) is 0. The van der Waals surface area contributed by atoms with Crippen LogP contribution in [0.5, 0.6) is 0 Å². The highest BCUT2D eigenvalue weighted by Crippen LogP contribution is 2.24. The Kier molecular flexibility index (Phi) is 3.59. The van der Waals surface area contributed by atoms with Gasteiger partial charge in [0.1, 0.15) is 0 Å². The topological polar surface area (TPSA) is 98.2 Å². The Bertz CT molecular complexity index is 647. The van der Waals surface area contributed by atoms with Gasteiger partial charge in [-0.25, -0.2) is 23.2 Å². The number of hydrogen-bond acceptors (Lipinski definition) is 8. The molecule has 10 heteroatoms. The maximum Gasteiger partial charge on any atom is 0.358 e. The van der Waals surface area contributed by atoms with E-state index in [0.717, 1.165) is 29.8 Å². The molecule has 0 saturated carbocycles. The lowest BCUT2D eigenvalue weighted by molar-refractivity contribution is 0.0590. The summed E-state index contributed by atoms with van der Waals surface area (Å²) in [6.07, 6.45) is 1.47. The lowest BCUT2D eigenvalue weighted by Gasteiger charge is -2.03. The van der Waals surface area contributed by atoms with E-state index in [-0.39, 0.29) is 15.0 Å². The largest absolute Gasteiger partial charge is 0.464 e. The van der Waals surface area contributed by atoms with Crippen molar-refractivity contribution >= 4 is 43.8 Å². The molecule has 96 valence electrons. The minimum Gasteiger partial charge on any atom is -0.464 e. The minimum atomic E-state index is -3.87. The predicted octanol–water partition coefficient (Wildman–Crippen LogP) is 1.19. The summed E-state index contributed by atoms with van der Waals surface area (Å²) in [5, 5.41) is 1.85. The van der Waals surface area contributed by atoms with Crippen molar-refractivity contribution in [3.63, 3.8) is 0 Å². The molecule has 2 aromatic heterocycles. The van der Waals surface area contributed by atoms with Gasteiger partial charge in [-0.2, -0.15) is 0 Å². The van der Waals surface area contributed by atoms with E-state index >= 15 is 0 Å². The van der Waals surface area contributed by atoms with Crippen LogP contribution >= 0.6 is 22.7 Å². The number of aromatic nitrogens is 2. The molecule has 0 atom stereocenters. The zero-order valence-corrected chi connectivity index (χ0v) is 11.4. The van der Waals surface area contributed by atoms with E-state index in [4.69, 9.17) is 0 Å². The monoisotopic (exact) mass is 305 g/mol. The molecule has 0 bridgehead atoms. The second-order valence-electron chi connectivity index (χ2n) is 2.92. The molecule has 2 rings (SSSR count). The molecular weight excluding hydrogens is 298 g/mol. The smallest absolute Gasteiger partial charge is 0.358 e. The minimum absolute atomic E-state index is 0.190. The summed E-state index contributed by atoms with van der Waals surface area (Å²) in [6, 6.07) is 0. The van der Waals surface area contributed by atoms with Gasteiger partial charge in [0.25, 0.3) is 10.0 Å². The van der Waals surface area contributed by atoms with Crippen LogP contribution in [0.15, 0.2) is 21.3 Å². The van der Waals surface area contributed by atoms with Gasteiger partial charge in [-0.1, -0.05) is 0 Å². The molecule has 0 radical (unpaired) electrons. The van der Waals surface area contributed by atoms with Crippen molar-refractivity contribution in [2.75, 3.05) is 11.8 Å². The first kappa shape index (κ1) is 12.9. The van der Waals surface area contributed by atoms with Crippen molar-refractivity contribution in [3.05, 3.63) is 22.8 Å². The number of nitrogens with zero attached hydrogens (tertiary/aromatic N) is 2. The molecule has 0 aromatic carbocycles. The molecule has 7 nitrogen and oxygen atoms in total. The highest BCUT2D eigenvalue weighted by molar-refractivity contribution is 7.94. The first-order valence-electron chi connectivity index (χ1n) is 4.48. The fraction of sp³-hybridized carbons (Fsp3) is 0.125. The summed E-state index contributed by atoms with van der Waals surface area (Å²) in [7, 11) is -2.71. The van der Waals surface area contributed by atoms with E-state index in [1.807, 2.05) is 0 Å². The fourth-order valence-electron chi connectivity index (χ4n) is 1.09. The number of methoxy groups -OCH3 is 1. The predicted molar refractivity (Wildman–Crippen MR) is 66.4 cm³/mol. The third-order valence-corrected chi connectivity index (χ3v) is 5.34. The second-order valence-corrected chi connectivity index (χ2v) is 6.55. The molecular formula is C8H7N3O4S3. The highest BCUT2D eigenvalue weighted by atomic mass is 32.2. The summed E-state index contributed by atoms with van der Waals surface area (Å²) in [5.74, 6) is -0.796. The van der Waals surface area contributed by atoms with Gasteiger partial charge in [0, 0.05) is 11.6 Å². The van der Waals surface area contributed by atoms with Crippen LogP contribution in [-0.2, 0) is 14.8 Å². The number of carbonyl (C=O) groups excluding carboxylic acids is 1. The molecule has 1 N–H and O–H groups in total. The Balaban J connectivity index is 2.36. The van der Waals surface area contributed by atoms with Crippen molar-refractivity contribution in [3.8, 4) is 0 Å². The van der Waals surface area contributed by atoms with Crippen molar-refractivity contribution in [1.29, 1.82) is 0 Å². The Morgan fingerprint density at radius 1 is 1.39 bits per heavy atom. The third kappa shape index (κ3) is 2.49. The number of hydrogen-bond donors (Lipinski definition) is 1. The quantitative estimate of drug-likeness (QED) is 0.852. The number of sulfonamides is 1. The van der Waals surface area contributed by atoms with Gasteiger partial charge >= 0.3 is 5.97 Å². The van der Waals surface area contributed by atoms with Crippen LogP contribution in [0.2, 0.25) is 0 Å². The Labute approximate surface area is 111 Å². The van der Waals surface area contributed by atoms with E-state index < -0.39 is 16.0 Å². The third-order valence-electron chi connectivity index (χ3n) is 1.81. The van der Waals surface area contributed by atoms with Crippen LogP contribution in [0.25, 0.3) is 0 Å². The Morgan fingerprint density at radius 2 is 2.17 bits per heavy atom. The van der Waals surface area contributed by atoms with Crippen molar-refractivity contribution in [1.82, 2.24) is 9.97 Å². The lowest BCUT2D eigenvalue weighted by Crippen LogP contribution is -2.15. The average molecular weight is 305 g/mol. The molecule has 0 amide bonds. The summed E-state index contributed by atoms with van der Waals surface area (Å²) in [5.41, 5.74) is 1.04. The van der Waals surface area contributed by atoms with Crippen LogP contribution in [0.1, 0.15) is 10.5 Å². The van der Waals surface area contributed by atoms with E-state index in [1.54, 1.807) is 5.38 Å². The molecule has 0 aliphatic rings. The number of nitrogens with one attached hydrogen (secondary N) is 1. The van der Waals surface area contributed by atoms with Crippen LogP contribution in [-0.4, -0.2) is 31.5 Å². The van der Waals surface area contributed by atoms with Gasteiger partial charge in [0.05, 0.1) is 12.6 Å². The molecule has 0 saturated heterocycles. The molecule has 0 aliphatic heterocycles. The highest BCUT2D eigenvalue weighted by Gasteiger charge is 2.27. The van der Waals surface area contributed by atoms with E-state index in [9.17, 15) is 13.2 Å². The van der Waals surface area contributed by atoms with Gasteiger partial charge in [-0.3, -0.25) is 4.72 Å². The Morgan fingerprint density at radius 3 is 2.78 bits per heavy atom. The van der Waals surface area contributed by atoms with Gasteiger partial charge < -0.3 is 4.74 Å². The van der Waals surface area contributed by atoms with Gasteiger partial charge in [0.2, 0.25) is 0 Å². The number of esters is 1. The summed E-state index contributed by atoms with van der Waals surface area (Å²) in [4.78, 5) is 18.9. The summed E-state index contributed by atoms with van der Waals surface area (Å²) >= 11 is 1.97. The summed E-state index contributed by atoms with van der Waals surface area (Å²) < 4.78 is 30.6. The van der Waals surface area contributed by atoms with E-state index in [0.29, 0.717) is 0 Å². The molecule has 18 heavy (non-hydrogen) atoms. The molecule has 2 aromatic rings.